The van der Waals surface area contributed by atoms with Crippen LogP contribution in [0, 0.1) is 0 Å². The summed E-state index contributed by atoms with van der Waals surface area (Å²) in [7, 11) is 5.30. The predicted octanol–water partition coefficient (Wildman–Crippen LogP) is 2.40. The van der Waals surface area contributed by atoms with Crippen molar-refractivity contribution < 1.29 is 14.6 Å². The van der Waals surface area contributed by atoms with E-state index in [1.165, 1.54) is 7.11 Å². The number of benzene rings is 1. The van der Waals surface area contributed by atoms with E-state index in [1.54, 1.807) is 12.1 Å². The van der Waals surface area contributed by atoms with Gasteiger partial charge in [0.25, 0.3) is 0 Å². The maximum atomic E-state index is 11.2. The molecule has 2 heterocycles. The highest BCUT2D eigenvalue weighted by atomic mass is 16.5. The smallest absolute Gasteiger partial charge is 0.339 e. The number of ether oxygens (including phenoxy) is 1. The average molecular weight is 340 g/mol. The fraction of sp³-hybridized carbons (Fsp3) is 0.278. The minimum Gasteiger partial charge on any atom is -0.496 e. The van der Waals surface area contributed by atoms with Crippen LogP contribution in [0.3, 0.4) is 0 Å². The third-order valence-electron chi connectivity index (χ3n) is 3.99. The van der Waals surface area contributed by atoms with Crippen molar-refractivity contribution in [2.75, 3.05) is 26.1 Å². The van der Waals surface area contributed by atoms with E-state index in [2.05, 4.69) is 9.97 Å². The number of carboxylic acid groups (broad SMARTS) is 1. The number of nitrogens with zero attached hydrogens (tertiary/aromatic N) is 4. The third-order valence-corrected chi connectivity index (χ3v) is 3.99. The second-order valence-electron chi connectivity index (χ2n) is 5.92. The van der Waals surface area contributed by atoms with Crippen molar-refractivity contribution in [3.8, 4) is 17.3 Å². The van der Waals surface area contributed by atoms with Gasteiger partial charge in [0.15, 0.2) is 5.82 Å². The number of pyridine rings is 1. The Hall–Kier alpha value is -3.09. The summed E-state index contributed by atoms with van der Waals surface area (Å²) in [6.45, 7) is 0.707. The molecule has 0 amide bonds. The molecule has 130 valence electrons. The van der Waals surface area contributed by atoms with Crippen LogP contribution in [-0.2, 0) is 13.0 Å². The number of rotatable bonds is 6. The second-order valence-corrected chi connectivity index (χ2v) is 5.92. The molecule has 7 nitrogen and oxygen atoms in total. The quantitative estimate of drug-likeness (QED) is 0.742. The van der Waals surface area contributed by atoms with E-state index in [0.29, 0.717) is 18.2 Å². The number of hydrogen-bond acceptors (Lipinski definition) is 5. The molecule has 1 aromatic rings. The lowest BCUT2D eigenvalue weighted by Gasteiger charge is -2.12. The molecule has 0 aliphatic carbocycles. The molecule has 0 fully saturated rings. The average Bonchev–Trinajstić information content (AvgIpc) is 3.04. The van der Waals surface area contributed by atoms with Gasteiger partial charge in [0.1, 0.15) is 17.0 Å². The summed E-state index contributed by atoms with van der Waals surface area (Å²) in [4.78, 5) is 22.1. The molecule has 25 heavy (non-hydrogen) atoms. The lowest BCUT2D eigenvalue weighted by molar-refractivity contribution is 0.0693. The van der Waals surface area contributed by atoms with Crippen LogP contribution in [0.1, 0.15) is 15.9 Å². The van der Waals surface area contributed by atoms with E-state index in [4.69, 9.17) is 9.84 Å². The molecule has 3 rings (SSSR count). The maximum absolute atomic E-state index is 11.2. The van der Waals surface area contributed by atoms with E-state index in [9.17, 15) is 4.79 Å². The minimum atomic E-state index is -0.995. The number of hydrogen-bond donors (Lipinski definition) is 1. The number of aromatic carboxylic acids is 1. The molecule has 2 aliphatic heterocycles. The molecule has 0 radical (unpaired) electrons. The highest BCUT2D eigenvalue weighted by Gasteiger charge is 2.15. The molecular weight excluding hydrogens is 320 g/mol. The molecule has 7 heteroatoms. The molecule has 1 aromatic carbocycles. The van der Waals surface area contributed by atoms with E-state index >= 15 is 0 Å². The van der Waals surface area contributed by atoms with Gasteiger partial charge >= 0.3 is 5.97 Å². The topological polar surface area (TPSA) is 80.5 Å². The number of methoxy groups -OCH3 is 1. The monoisotopic (exact) mass is 340 g/mol. The Morgan fingerprint density at radius 3 is 2.76 bits per heavy atom. The van der Waals surface area contributed by atoms with Gasteiger partial charge in [-0.1, -0.05) is 6.07 Å². The van der Waals surface area contributed by atoms with E-state index in [0.717, 1.165) is 23.5 Å². The van der Waals surface area contributed by atoms with Gasteiger partial charge in [-0.2, -0.15) is 4.98 Å². The Kier molecular flexibility index (Phi) is 4.56. The first-order valence-corrected chi connectivity index (χ1v) is 7.90. The summed E-state index contributed by atoms with van der Waals surface area (Å²) < 4.78 is 7.23. The number of carbonyl (C=O) groups is 1. The Morgan fingerprint density at radius 1 is 1.28 bits per heavy atom. The van der Waals surface area contributed by atoms with Gasteiger partial charge in [-0.25, -0.2) is 9.78 Å². The second kappa shape index (κ2) is 6.80. The summed E-state index contributed by atoms with van der Waals surface area (Å²) in [5.41, 5.74) is 2.02. The molecule has 0 atom stereocenters. The highest BCUT2D eigenvalue weighted by molar-refractivity contribution is 5.90. The summed E-state index contributed by atoms with van der Waals surface area (Å²) in [6, 6.07) is 9.05. The van der Waals surface area contributed by atoms with Crippen molar-refractivity contribution in [1.29, 1.82) is 0 Å². The summed E-state index contributed by atoms with van der Waals surface area (Å²) in [5.74, 6) is 0.893. The largest absolute Gasteiger partial charge is 0.496 e. The van der Waals surface area contributed by atoms with Crippen LogP contribution >= 0.6 is 0 Å². The van der Waals surface area contributed by atoms with Crippen LogP contribution in [0.4, 0.5) is 5.95 Å². The van der Waals surface area contributed by atoms with Crippen molar-refractivity contribution in [3.05, 3.63) is 47.7 Å². The number of anilines is 1. The Bertz CT molecular complexity index is 873. The van der Waals surface area contributed by atoms with Gasteiger partial charge in [-0.15, -0.1) is 0 Å². The van der Waals surface area contributed by atoms with Crippen molar-refractivity contribution in [2.45, 2.75) is 13.0 Å². The van der Waals surface area contributed by atoms with Crippen molar-refractivity contribution in [1.82, 2.24) is 14.5 Å². The zero-order valence-electron chi connectivity index (χ0n) is 14.4. The van der Waals surface area contributed by atoms with Gasteiger partial charge in [0.05, 0.1) is 7.11 Å². The van der Waals surface area contributed by atoms with Crippen LogP contribution in [-0.4, -0.2) is 46.8 Å². The lowest BCUT2D eigenvalue weighted by atomic mass is 10.1. The van der Waals surface area contributed by atoms with Crippen LogP contribution in [0.5, 0.6) is 5.75 Å². The van der Waals surface area contributed by atoms with E-state index in [1.807, 2.05) is 48.0 Å². The van der Waals surface area contributed by atoms with Gasteiger partial charge in [0, 0.05) is 26.8 Å². The first-order valence-electron chi connectivity index (χ1n) is 7.90. The molecule has 1 N–H and O–H groups in total. The maximum Gasteiger partial charge on any atom is 0.339 e. The fourth-order valence-electron chi connectivity index (χ4n) is 2.66. The van der Waals surface area contributed by atoms with E-state index in [-0.39, 0.29) is 5.56 Å². The molecule has 2 aliphatic rings. The van der Waals surface area contributed by atoms with Crippen LogP contribution in [0.25, 0.3) is 11.5 Å². The van der Waals surface area contributed by atoms with Crippen molar-refractivity contribution in [2.24, 2.45) is 0 Å². The van der Waals surface area contributed by atoms with Gasteiger partial charge in [0.2, 0.25) is 5.95 Å². The molecule has 0 bridgehead atoms. The Balaban J connectivity index is 1.82. The summed E-state index contributed by atoms with van der Waals surface area (Å²) >= 11 is 0. The Morgan fingerprint density at radius 2 is 2.08 bits per heavy atom. The SMILES string of the molecule is COc1cc(CCn2cccc3nc(N(C)C)nc2-3)ccc1C(=O)O. The lowest BCUT2D eigenvalue weighted by Crippen LogP contribution is -2.10. The van der Waals surface area contributed by atoms with Gasteiger partial charge < -0.3 is 19.3 Å². The standard InChI is InChI=1S/C18H20N4O3/c1-21(2)18-19-14-5-4-9-22(16(14)20-18)10-8-12-6-7-13(17(23)24)15(11-12)25-3/h4-7,9,11H,8,10H2,1-3H3,(H,23,24). The number of imidazole rings is 1. The summed E-state index contributed by atoms with van der Waals surface area (Å²) in [6.07, 6.45) is 2.70. The van der Waals surface area contributed by atoms with Crippen molar-refractivity contribution in [3.63, 3.8) is 0 Å². The van der Waals surface area contributed by atoms with Crippen LogP contribution in [0.2, 0.25) is 0 Å². The fourth-order valence-corrected chi connectivity index (χ4v) is 2.66. The van der Waals surface area contributed by atoms with E-state index < -0.39 is 5.97 Å². The molecule has 0 spiro atoms. The first-order chi connectivity index (χ1) is 12.0. The van der Waals surface area contributed by atoms with Gasteiger partial charge in [-0.3, -0.25) is 0 Å². The highest BCUT2D eigenvalue weighted by Crippen LogP contribution is 2.24. The number of aryl methyl sites for hydroxylation is 2. The molecule has 0 saturated carbocycles. The molecule has 0 saturated heterocycles. The number of aromatic nitrogens is 3. The third kappa shape index (κ3) is 3.40. The molecule has 0 aromatic heterocycles. The summed E-state index contributed by atoms with van der Waals surface area (Å²) in [5, 5.41) is 9.16. The normalized spacial score (nSPS) is 10.8. The molecular formula is C18H20N4O3. The number of carboxylic acids is 1. The predicted molar refractivity (Wildman–Crippen MR) is 94.6 cm³/mol. The minimum absolute atomic E-state index is 0.165. The number of fused-ring (bicyclic) bond motifs is 1. The van der Waals surface area contributed by atoms with Crippen LogP contribution in [0.15, 0.2) is 36.5 Å². The van der Waals surface area contributed by atoms with Crippen LogP contribution < -0.4 is 9.64 Å². The van der Waals surface area contributed by atoms with Crippen molar-refractivity contribution >= 4 is 11.9 Å². The Labute approximate surface area is 145 Å². The molecule has 0 unspecified atom stereocenters. The first kappa shape index (κ1) is 16.8. The zero-order valence-corrected chi connectivity index (χ0v) is 14.4. The van der Waals surface area contributed by atoms with Gasteiger partial charge in [-0.05, 0) is 36.2 Å². The zero-order chi connectivity index (χ0) is 18.0.